The fourth-order valence-electron chi connectivity index (χ4n) is 2.92. The molecule has 24 heavy (non-hydrogen) atoms. The van der Waals surface area contributed by atoms with Gasteiger partial charge in [-0.1, -0.05) is 30.3 Å². The van der Waals surface area contributed by atoms with Gasteiger partial charge in [0.25, 0.3) is 5.92 Å². The summed E-state index contributed by atoms with van der Waals surface area (Å²) in [5, 5.41) is 0. The molecule has 1 saturated heterocycles. The number of carbonyl (C=O) groups excluding carboxylic acids is 1. The van der Waals surface area contributed by atoms with Crippen molar-refractivity contribution in [3.8, 4) is 11.1 Å². The molecule has 0 saturated carbocycles. The Kier molecular flexibility index (Phi) is 3.33. The summed E-state index contributed by atoms with van der Waals surface area (Å²) in [7, 11) is 0. The SMILES string of the molecule is O=C(Cn1ccc2ncc(-c3ccccc3)cc21)N1CC(F)(F)C1. The van der Waals surface area contributed by atoms with Crippen LogP contribution in [0.4, 0.5) is 8.78 Å². The van der Waals surface area contributed by atoms with Crippen LogP contribution in [0, 0.1) is 0 Å². The number of nitrogens with zero attached hydrogens (tertiary/aromatic N) is 3. The number of alkyl halides is 2. The quantitative estimate of drug-likeness (QED) is 0.741. The fourth-order valence-corrected chi connectivity index (χ4v) is 2.92. The summed E-state index contributed by atoms with van der Waals surface area (Å²) in [6.07, 6.45) is 3.56. The van der Waals surface area contributed by atoms with Crippen molar-refractivity contribution in [2.45, 2.75) is 12.5 Å². The van der Waals surface area contributed by atoms with E-state index in [2.05, 4.69) is 4.98 Å². The van der Waals surface area contributed by atoms with Gasteiger partial charge in [0.05, 0.1) is 24.1 Å². The molecule has 122 valence electrons. The number of carbonyl (C=O) groups is 1. The van der Waals surface area contributed by atoms with Crippen molar-refractivity contribution in [2.75, 3.05) is 13.1 Å². The Morgan fingerprint density at radius 1 is 1.12 bits per heavy atom. The van der Waals surface area contributed by atoms with E-state index in [1.807, 2.05) is 42.5 Å². The van der Waals surface area contributed by atoms with Gasteiger partial charge < -0.3 is 9.47 Å². The normalized spacial score (nSPS) is 16.2. The molecule has 0 radical (unpaired) electrons. The van der Waals surface area contributed by atoms with Crippen LogP contribution >= 0.6 is 0 Å². The van der Waals surface area contributed by atoms with Gasteiger partial charge in [0.2, 0.25) is 5.91 Å². The van der Waals surface area contributed by atoms with Crippen LogP contribution in [-0.4, -0.2) is 39.4 Å². The zero-order valence-electron chi connectivity index (χ0n) is 12.8. The highest BCUT2D eigenvalue weighted by Gasteiger charge is 2.46. The first-order valence-corrected chi connectivity index (χ1v) is 7.68. The third-order valence-corrected chi connectivity index (χ3v) is 4.23. The number of pyridine rings is 1. The Morgan fingerprint density at radius 3 is 2.58 bits per heavy atom. The van der Waals surface area contributed by atoms with Crippen molar-refractivity contribution >= 4 is 16.9 Å². The molecule has 1 amide bonds. The first-order chi connectivity index (χ1) is 11.5. The molecule has 1 aliphatic heterocycles. The second-order valence-corrected chi connectivity index (χ2v) is 6.04. The monoisotopic (exact) mass is 327 g/mol. The lowest BCUT2D eigenvalue weighted by Crippen LogP contribution is -2.59. The average Bonchev–Trinajstić information content (AvgIpc) is 2.95. The molecule has 0 unspecified atom stereocenters. The summed E-state index contributed by atoms with van der Waals surface area (Å²) < 4.78 is 27.6. The van der Waals surface area contributed by atoms with Gasteiger partial charge in [-0.25, -0.2) is 8.78 Å². The molecule has 0 atom stereocenters. The van der Waals surface area contributed by atoms with Crippen molar-refractivity contribution in [3.63, 3.8) is 0 Å². The number of aromatic nitrogens is 2. The molecule has 1 fully saturated rings. The molecule has 4 rings (SSSR count). The zero-order valence-corrected chi connectivity index (χ0v) is 12.8. The van der Waals surface area contributed by atoms with Crippen molar-refractivity contribution in [3.05, 3.63) is 54.9 Å². The number of likely N-dealkylation sites (tertiary alicyclic amines) is 1. The molecule has 2 aromatic heterocycles. The summed E-state index contributed by atoms with van der Waals surface area (Å²) in [5.74, 6) is -3.04. The number of hydrogen-bond acceptors (Lipinski definition) is 2. The first-order valence-electron chi connectivity index (χ1n) is 7.68. The molecule has 1 aromatic carbocycles. The minimum atomic E-state index is -2.74. The second-order valence-electron chi connectivity index (χ2n) is 6.04. The molecule has 4 nitrogen and oxygen atoms in total. The largest absolute Gasteiger partial charge is 0.337 e. The molecule has 0 bridgehead atoms. The van der Waals surface area contributed by atoms with Gasteiger partial charge in [-0.3, -0.25) is 9.78 Å². The molecule has 6 heteroatoms. The maximum absolute atomic E-state index is 12.9. The summed E-state index contributed by atoms with van der Waals surface area (Å²) in [6, 6.07) is 13.6. The number of amides is 1. The topological polar surface area (TPSA) is 38.1 Å². The Labute approximate surface area is 137 Å². The van der Waals surface area contributed by atoms with Crippen molar-refractivity contribution in [2.24, 2.45) is 0 Å². The molecule has 0 N–H and O–H groups in total. The molecule has 3 aromatic rings. The van der Waals surface area contributed by atoms with Crippen molar-refractivity contribution in [1.82, 2.24) is 14.5 Å². The van der Waals surface area contributed by atoms with Gasteiger partial charge in [0, 0.05) is 18.0 Å². The third-order valence-electron chi connectivity index (χ3n) is 4.23. The van der Waals surface area contributed by atoms with Gasteiger partial charge in [0.1, 0.15) is 6.54 Å². The minimum Gasteiger partial charge on any atom is -0.337 e. The Bertz CT molecular complexity index is 897. The zero-order chi connectivity index (χ0) is 16.7. The molecule has 0 spiro atoms. The number of hydrogen-bond donors (Lipinski definition) is 0. The van der Waals surface area contributed by atoms with Crippen molar-refractivity contribution < 1.29 is 13.6 Å². The van der Waals surface area contributed by atoms with Gasteiger partial charge >= 0.3 is 0 Å². The molecule has 1 aliphatic rings. The van der Waals surface area contributed by atoms with Gasteiger partial charge in [-0.15, -0.1) is 0 Å². The van der Waals surface area contributed by atoms with Crippen LogP contribution in [0.2, 0.25) is 0 Å². The fraction of sp³-hybridized carbons (Fsp3) is 0.222. The van der Waals surface area contributed by atoms with E-state index in [9.17, 15) is 13.6 Å². The lowest BCUT2D eigenvalue weighted by atomic mass is 10.1. The van der Waals surface area contributed by atoms with Crippen LogP contribution in [0.15, 0.2) is 54.9 Å². The summed E-state index contributed by atoms with van der Waals surface area (Å²) >= 11 is 0. The number of fused-ring (bicyclic) bond motifs is 1. The molecular formula is C18H15F2N3O. The van der Waals surface area contributed by atoms with Gasteiger partial charge in [-0.05, 0) is 17.7 Å². The number of benzene rings is 1. The van der Waals surface area contributed by atoms with Crippen LogP contribution in [0.5, 0.6) is 0 Å². The average molecular weight is 327 g/mol. The van der Waals surface area contributed by atoms with Gasteiger partial charge in [-0.2, -0.15) is 0 Å². The molecule has 3 heterocycles. The van der Waals surface area contributed by atoms with Crippen LogP contribution in [-0.2, 0) is 11.3 Å². The minimum absolute atomic E-state index is 0.0412. The molecular weight excluding hydrogens is 312 g/mol. The summed E-state index contributed by atoms with van der Waals surface area (Å²) in [5.41, 5.74) is 3.58. The Balaban J connectivity index is 1.61. The van der Waals surface area contributed by atoms with E-state index in [4.69, 9.17) is 0 Å². The van der Waals surface area contributed by atoms with Crippen molar-refractivity contribution in [1.29, 1.82) is 0 Å². The van der Waals surface area contributed by atoms with E-state index < -0.39 is 19.0 Å². The summed E-state index contributed by atoms with van der Waals surface area (Å²) in [4.78, 5) is 17.7. The highest BCUT2D eigenvalue weighted by atomic mass is 19.3. The first kappa shape index (κ1) is 14.8. The highest BCUT2D eigenvalue weighted by molar-refractivity contribution is 5.84. The predicted molar refractivity (Wildman–Crippen MR) is 86.7 cm³/mol. The number of rotatable bonds is 3. The van der Waals surface area contributed by atoms with E-state index in [0.29, 0.717) is 0 Å². The number of halogens is 2. The van der Waals surface area contributed by atoms with Crippen LogP contribution in [0.1, 0.15) is 0 Å². The second kappa shape index (κ2) is 5.40. The predicted octanol–water partition coefficient (Wildman–Crippen LogP) is 3.18. The summed E-state index contributed by atoms with van der Waals surface area (Å²) in [6.45, 7) is -0.934. The van der Waals surface area contributed by atoms with E-state index in [-0.39, 0.29) is 12.5 Å². The van der Waals surface area contributed by atoms with Crippen LogP contribution in [0.25, 0.3) is 22.2 Å². The van der Waals surface area contributed by atoms with Crippen LogP contribution < -0.4 is 0 Å². The lowest BCUT2D eigenvalue weighted by molar-refractivity contribution is -0.166. The third kappa shape index (κ3) is 2.64. The van der Waals surface area contributed by atoms with E-state index in [1.54, 1.807) is 17.0 Å². The van der Waals surface area contributed by atoms with E-state index in [1.165, 1.54) is 4.90 Å². The maximum atomic E-state index is 12.9. The van der Waals surface area contributed by atoms with E-state index >= 15 is 0 Å². The van der Waals surface area contributed by atoms with E-state index in [0.717, 1.165) is 22.2 Å². The highest BCUT2D eigenvalue weighted by Crippen LogP contribution is 2.27. The van der Waals surface area contributed by atoms with Crippen LogP contribution in [0.3, 0.4) is 0 Å². The maximum Gasteiger partial charge on any atom is 0.282 e. The lowest BCUT2D eigenvalue weighted by Gasteiger charge is -2.38. The standard InChI is InChI=1S/C18H15F2N3O/c19-18(20)11-23(12-18)17(24)10-22-7-6-15-16(22)8-14(9-21-15)13-4-2-1-3-5-13/h1-9H,10-12H2. The van der Waals surface area contributed by atoms with Gasteiger partial charge in [0.15, 0.2) is 0 Å². The smallest absolute Gasteiger partial charge is 0.282 e. The Morgan fingerprint density at radius 2 is 1.88 bits per heavy atom. The molecule has 0 aliphatic carbocycles. The Hall–Kier alpha value is -2.76.